The molecule has 0 N–H and O–H groups in total. The Morgan fingerprint density at radius 3 is 2.00 bits per heavy atom. The van der Waals surface area contributed by atoms with Gasteiger partial charge in [0.2, 0.25) is 0 Å². The van der Waals surface area contributed by atoms with E-state index in [9.17, 15) is 0 Å². The number of hydrogen-bond acceptors (Lipinski definition) is 0. The van der Waals surface area contributed by atoms with Crippen LogP contribution in [0.4, 0.5) is 5.69 Å². The molecule has 12 heavy (non-hydrogen) atoms. The van der Waals surface area contributed by atoms with Crippen LogP contribution in [-0.2, 0) is 0 Å². The van der Waals surface area contributed by atoms with E-state index in [0.29, 0.717) is 0 Å². The molecule has 0 aromatic heterocycles. The zero-order valence-corrected chi connectivity index (χ0v) is 8.12. The third-order valence-corrected chi connectivity index (χ3v) is 2.25. The van der Waals surface area contributed by atoms with Crippen LogP contribution in [-0.4, -0.2) is 29.1 Å². The Balaban J connectivity index is 0.00000121. The molecule has 0 atom stereocenters. The maximum Gasteiger partial charge on any atom is 0.132 e. The van der Waals surface area contributed by atoms with Gasteiger partial charge in [0, 0.05) is 8.41 Å². The molecule has 0 heterocycles. The lowest BCUT2D eigenvalue weighted by Crippen LogP contribution is -2.39. The fourth-order valence-electron chi connectivity index (χ4n) is 1.01. The summed E-state index contributed by atoms with van der Waals surface area (Å²) in [5, 5.41) is 0. The summed E-state index contributed by atoms with van der Waals surface area (Å²) in [7, 11) is 4.44. The fourth-order valence-corrected chi connectivity index (χ4v) is 1.01. The predicted molar refractivity (Wildman–Crippen MR) is 56.4 cm³/mol. The Kier molecular flexibility index (Phi) is 4.04. The largest absolute Gasteiger partial charge is 0.296 e. The van der Waals surface area contributed by atoms with Gasteiger partial charge in [0.05, 0.1) is 20.6 Å². The van der Waals surface area contributed by atoms with Gasteiger partial charge in [-0.1, -0.05) is 18.2 Å². The molecule has 0 aliphatic rings. The molecule has 0 bridgehead atoms. The van der Waals surface area contributed by atoms with Gasteiger partial charge < -0.3 is 0 Å². The number of rotatable bonds is 2. The maximum atomic E-state index is 2.22. The van der Waals surface area contributed by atoms with E-state index in [-0.39, 0.29) is 8.41 Å². The third-order valence-electron chi connectivity index (χ3n) is 2.25. The molecule has 0 fully saturated rings. The van der Waals surface area contributed by atoms with E-state index in [1.165, 1.54) is 5.69 Å². The molecule has 1 aromatic carbocycles. The molecule has 1 rings (SSSR count). The molecule has 0 amide bonds. The van der Waals surface area contributed by atoms with Crippen LogP contribution in [0, 0.1) is 0 Å². The molecule has 0 aliphatic carbocycles. The van der Waals surface area contributed by atoms with Crippen LogP contribution in [0.3, 0.4) is 0 Å². The molecule has 0 spiro atoms. The van der Waals surface area contributed by atoms with Crippen molar-refractivity contribution in [2.45, 2.75) is 6.92 Å². The van der Waals surface area contributed by atoms with Crippen molar-refractivity contribution in [1.82, 2.24) is 4.48 Å². The number of quaternary nitrogens is 1. The van der Waals surface area contributed by atoms with Crippen molar-refractivity contribution in [3.8, 4) is 0 Å². The van der Waals surface area contributed by atoms with Crippen molar-refractivity contribution < 1.29 is 0 Å². The highest BCUT2D eigenvalue weighted by atomic mass is 15.3. The van der Waals surface area contributed by atoms with E-state index in [4.69, 9.17) is 0 Å². The van der Waals surface area contributed by atoms with Crippen molar-refractivity contribution in [3.05, 3.63) is 30.3 Å². The monoisotopic (exact) mass is 161 g/mol. The maximum absolute atomic E-state index is 2.22. The molecule has 0 aliphatic heterocycles. The molecule has 1 aromatic rings. The summed E-state index contributed by atoms with van der Waals surface area (Å²) in [5.74, 6) is 0. The Morgan fingerprint density at radius 2 is 1.58 bits per heavy atom. The van der Waals surface area contributed by atoms with Crippen molar-refractivity contribution >= 4 is 14.1 Å². The summed E-state index contributed by atoms with van der Waals surface area (Å²) >= 11 is 0. The highest BCUT2D eigenvalue weighted by molar-refractivity contribution is 5.75. The molecular formula is C10H16BN+. The minimum Gasteiger partial charge on any atom is -0.296 e. The molecule has 1 nitrogen and oxygen atoms in total. The summed E-state index contributed by atoms with van der Waals surface area (Å²) in [5.41, 5.74) is 1.37. The first kappa shape index (κ1) is 11.2. The van der Waals surface area contributed by atoms with Gasteiger partial charge in [0.25, 0.3) is 0 Å². The standard InChI is InChI=1S/C10H16N.B/c1-4-11(2,3)10-8-6-5-7-9-10;/h5-9H,4H2,1-3H3;/q+1;. The van der Waals surface area contributed by atoms with Gasteiger partial charge in [-0.2, -0.15) is 0 Å². The number of para-hydroxylation sites is 1. The van der Waals surface area contributed by atoms with Crippen LogP contribution in [0.15, 0.2) is 30.3 Å². The van der Waals surface area contributed by atoms with Gasteiger partial charge in [0.15, 0.2) is 0 Å². The summed E-state index contributed by atoms with van der Waals surface area (Å²) < 4.78 is 0.959. The minimum absolute atomic E-state index is 0. The molecule has 0 unspecified atom stereocenters. The molecule has 63 valence electrons. The zero-order chi connectivity index (χ0) is 8.32. The first-order valence-electron chi connectivity index (χ1n) is 4.05. The Hall–Kier alpha value is -0.755. The minimum atomic E-state index is 0. The second-order valence-corrected chi connectivity index (χ2v) is 3.34. The van der Waals surface area contributed by atoms with Gasteiger partial charge >= 0.3 is 0 Å². The van der Waals surface area contributed by atoms with Crippen LogP contribution in [0.2, 0.25) is 0 Å². The average molecular weight is 161 g/mol. The van der Waals surface area contributed by atoms with Gasteiger partial charge in [-0.25, -0.2) is 0 Å². The lowest BCUT2D eigenvalue weighted by molar-refractivity contribution is 0.421. The molecule has 3 radical (unpaired) electrons. The summed E-state index contributed by atoms with van der Waals surface area (Å²) in [4.78, 5) is 0. The molecule has 0 saturated heterocycles. The second kappa shape index (κ2) is 4.32. The van der Waals surface area contributed by atoms with Gasteiger partial charge in [-0.15, -0.1) is 0 Å². The van der Waals surface area contributed by atoms with Crippen LogP contribution in [0.1, 0.15) is 6.92 Å². The summed E-state index contributed by atoms with van der Waals surface area (Å²) in [6.07, 6.45) is 0. The van der Waals surface area contributed by atoms with Crippen LogP contribution in [0.5, 0.6) is 0 Å². The lowest BCUT2D eigenvalue weighted by Gasteiger charge is -2.27. The molecule has 2 heteroatoms. The third kappa shape index (κ3) is 2.38. The zero-order valence-electron chi connectivity index (χ0n) is 8.12. The van der Waals surface area contributed by atoms with E-state index in [2.05, 4.69) is 51.4 Å². The second-order valence-electron chi connectivity index (χ2n) is 3.34. The quantitative estimate of drug-likeness (QED) is 0.459. The molecule has 0 saturated carbocycles. The normalized spacial score (nSPS) is 10.6. The number of nitrogens with zero attached hydrogens (tertiary/aromatic N) is 1. The first-order valence-corrected chi connectivity index (χ1v) is 4.05. The number of hydrogen-bond donors (Lipinski definition) is 0. The fraction of sp³-hybridized carbons (Fsp3) is 0.400. The van der Waals surface area contributed by atoms with Crippen molar-refractivity contribution in [2.24, 2.45) is 0 Å². The van der Waals surface area contributed by atoms with E-state index in [0.717, 1.165) is 11.0 Å². The van der Waals surface area contributed by atoms with E-state index < -0.39 is 0 Å². The first-order chi connectivity index (χ1) is 5.17. The predicted octanol–water partition coefficient (Wildman–Crippen LogP) is 1.89. The van der Waals surface area contributed by atoms with E-state index in [1.54, 1.807) is 0 Å². The average Bonchev–Trinajstić information content (AvgIpc) is 2.06. The van der Waals surface area contributed by atoms with E-state index >= 15 is 0 Å². The lowest BCUT2D eigenvalue weighted by atomic mass is 10.2. The van der Waals surface area contributed by atoms with Gasteiger partial charge in [-0.05, 0) is 19.1 Å². The van der Waals surface area contributed by atoms with E-state index in [1.807, 2.05) is 0 Å². The van der Waals surface area contributed by atoms with Crippen molar-refractivity contribution in [2.75, 3.05) is 20.6 Å². The highest BCUT2D eigenvalue weighted by Crippen LogP contribution is 2.16. The SMILES string of the molecule is CC[N+](C)(C)c1ccccc1.[B]. The van der Waals surface area contributed by atoms with Crippen LogP contribution < -0.4 is 4.48 Å². The Morgan fingerprint density at radius 1 is 1.08 bits per heavy atom. The summed E-state index contributed by atoms with van der Waals surface area (Å²) in [6.45, 7) is 3.33. The number of benzene rings is 1. The smallest absolute Gasteiger partial charge is 0.132 e. The Bertz CT molecular complexity index is 219. The van der Waals surface area contributed by atoms with Gasteiger partial charge in [-0.3, -0.25) is 4.48 Å². The van der Waals surface area contributed by atoms with Crippen LogP contribution >= 0.6 is 0 Å². The van der Waals surface area contributed by atoms with Crippen molar-refractivity contribution in [3.63, 3.8) is 0 Å². The van der Waals surface area contributed by atoms with Gasteiger partial charge in [0.1, 0.15) is 5.69 Å². The summed E-state index contributed by atoms with van der Waals surface area (Å²) in [6, 6.07) is 10.6. The van der Waals surface area contributed by atoms with Crippen LogP contribution in [0.25, 0.3) is 0 Å². The Labute approximate surface area is 77.2 Å². The highest BCUT2D eigenvalue weighted by Gasteiger charge is 2.13. The van der Waals surface area contributed by atoms with Crippen molar-refractivity contribution in [1.29, 1.82) is 0 Å². The topological polar surface area (TPSA) is 0 Å². The molecular weight excluding hydrogens is 145 g/mol.